The number of anilines is 1. The van der Waals surface area contributed by atoms with Crippen LogP contribution in [0.1, 0.15) is 19.4 Å². The third-order valence-electron chi connectivity index (χ3n) is 6.14. The van der Waals surface area contributed by atoms with Gasteiger partial charge in [-0.25, -0.2) is 0 Å². The highest BCUT2D eigenvalue weighted by atomic mass is 35.5. The first kappa shape index (κ1) is 18.4. The lowest BCUT2D eigenvalue weighted by Crippen LogP contribution is -2.99. The Balaban J connectivity index is 1.86. The molecular weight excluding hydrogens is 370 g/mol. The van der Waals surface area contributed by atoms with Crippen LogP contribution in [0.3, 0.4) is 0 Å². The number of likely N-dealkylation sites (tertiary alicyclic amines) is 1. The Morgan fingerprint density at radius 2 is 2.04 bits per heavy atom. The van der Waals surface area contributed by atoms with E-state index < -0.39 is 17.4 Å². The summed E-state index contributed by atoms with van der Waals surface area (Å²) in [7, 11) is 1.53. The minimum atomic E-state index is -1.16. The number of quaternary nitrogens is 1. The fourth-order valence-electron chi connectivity index (χ4n) is 4.93. The maximum atomic E-state index is 13.3. The van der Waals surface area contributed by atoms with Gasteiger partial charge in [0, 0.05) is 23.6 Å². The summed E-state index contributed by atoms with van der Waals surface area (Å²) in [5, 5.41) is 5.31. The van der Waals surface area contributed by atoms with Crippen LogP contribution < -0.4 is 10.6 Å². The molecule has 1 aromatic rings. The number of ether oxygens (including phenoxy) is 1. The molecule has 8 heteroatoms. The molecule has 1 aromatic carbocycles. The van der Waals surface area contributed by atoms with Crippen molar-refractivity contribution in [3.8, 4) is 0 Å². The molecule has 0 aliphatic carbocycles. The Morgan fingerprint density at radius 3 is 2.70 bits per heavy atom. The van der Waals surface area contributed by atoms with Gasteiger partial charge in [0.25, 0.3) is 5.91 Å². The summed E-state index contributed by atoms with van der Waals surface area (Å²) in [5.74, 6) is -1.93. The van der Waals surface area contributed by atoms with Crippen LogP contribution in [0.4, 0.5) is 5.69 Å². The number of carbonyl (C=O) groups is 3. The van der Waals surface area contributed by atoms with Gasteiger partial charge in [-0.2, -0.15) is 0 Å². The summed E-state index contributed by atoms with van der Waals surface area (Å²) in [6.07, 6.45) is 0. The molecule has 0 aromatic heterocycles. The van der Waals surface area contributed by atoms with Crippen molar-refractivity contribution in [3.63, 3.8) is 0 Å². The zero-order valence-electron chi connectivity index (χ0n) is 15.5. The van der Waals surface area contributed by atoms with Crippen LogP contribution in [-0.4, -0.2) is 48.9 Å². The molecule has 27 heavy (non-hydrogen) atoms. The lowest BCUT2D eigenvalue weighted by atomic mass is 9.76. The zero-order chi connectivity index (χ0) is 19.5. The van der Waals surface area contributed by atoms with Crippen LogP contribution >= 0.6 is 11.6 Å². The molecule has 1 spiro atoms. The summed E-state index contributed by atoms with van der Waals surface area (Å²) in [4.78, 5) is 40.8. The maximum Gasteiger partial charge on any atom is 0.291 e. The number of imide groups is 1. The average Bonchev–Trinajstić information content (AvgIpc) is 3.20. The monoisotopic (exact) mass is 392 g/mol. The minimum Gasteiger partial charge on any atom is -0.383 e. The molecular formula is C19H23ClN3O4+. The third kappa shape index (κ3) is 2.38. The van der Waals surface area contributed by atoms with E-state index in [-0.39, 0.29) is 42.8 Å². The first-order chi connectivity index (χ1) is 12.8. The smallest absolute Gasteiger partial charge is 0.291 e. The summed E-state index contributed by atoms with van der Waals surface area (Å²) < 4.78 is 5.06. The number of rotatable bonds is 4. The van der Waals surface area contributed by atoms with Crippen LogP contribution in [-0.2, 0) is 24.7 Å². The van der Waals surface area contributed by atoms with Crippen molar-refractivity contribution >= 4 is 35.0 Å². The van der Waals surface area contributed by atoms with E-state index in [1.807, 2.05) is 19.2 Å². The Morgan fingerprint density at radius 1 is 1.30 bits per heavy atom. The summed E-state index contributed by atoms with van der Waals surface area (Å²) in [5.41, 5.74) is 0.182. The van der Waals surface area contributed by atoms with Crippen molar-refractivity contribution in [1.29, 1.82) is 0 Å². The first-order valence-electron chi connectivity index (χ1n) is 9.14. The van der Waals surface area contributed by atoms with Gasteiger partial charge >= 0.3 is 0 Å². The lowest BCUT2D eigenvalue weighted by Gasteiger charge is -2.27. The summed E-state index contributed by atoms with van der Waals surface area (Å²) in [6.45, 7) is 4.50. The number of carbonyl (C=O) groups excluding carboxylic acids is 3. The largest absolute Gasteiger partial charge is 0.383 e. The molecule has 7 nitrogen and oxygen atoms in total. The highest BCUT2D eigenvalue weighted by Crippen LogP contribution is 2.50. The fraction of sp³-hybridized carbons (Fsp3) is 0.526. The van der Waals surface area contributed by atoms with Crippen molar-refractivity contribution in [2.24, 2.45) is 17.8 Å². The van der Waals surface area contributed by atoms with Crippen LogP contribution in [0.15, 0.2) is 18.2 Å². The number of hydrogen-bond donors (Lipinski definition) is 2. The topological polar surface area (TPSA) is 92.3 Å². The molecule has 3 heterocycles. The Kier molecular flexibility index (Phi) is 4.29. The molecule has 2 saturated heterocycles. The molecule has 0 bridgehead atoms. The van der Waals surface area contributed by atoms with Gasteiger partial charge in [-0.1, -0.05) is 25.4 Å². The van der Waals surface area contributed by atoms with E-state index in [4.69, 9.17) is 16.3 Å². The van der Waals surface area contributed by atoms with Gasteiger partial charge in [0.05, 0.1) is 18.8 Å². The Bertz CT molecular complexity index is 842. The van der Waals surface area contributed by atoms with Crippen molar-refractivity contribution in [1.82, 2.24) is 4.90 Å². The zero-order valence-corrected chi connectivity index (χ0v) is 16.2. The average molecular weight is 393 g/mol. The van der Waals surface area contributed by atoms with E-state index in [1.165, 1.54) is 12.0 Å². The third-order valence-corrected chi connectivity index (χ3v) is 6.38. The van der Waals surface area contributed by atoms with Crippen LogP contribution in [0.2, 0.25) is 5.02 Å². The molecule has 144 valence electrons. The number of amides is 3. The van der Waals surface area contributed by atoms with E-state index in [1.54, 1.807) is 18.2 Å². The van der Waals surface area contributed by atoms with Gasteiger partial charge in [-0.3, -0.25) is 19.3 Å². The fourth-order valence-corrected chi connectivity index (χ4v) is 5.10. The van der Waals surface area contributed by atoms with E-state index in [2.05, 4.69) is 5.32 Å². The first-order valence-corrected chi connectivity index (χ1v) is 9.52. The molecule has 3 aliphatic rings. The number of methoxy groups -OCH3 is 1. The summed E-state index contributed by atoms with van der Waals surface area (Å²) in [6, 6.07) is 5.02. The van der Waals surface area contributed by atoms with Gasteiger partial charge in [0.1, 0.15) is 17.9 Å². The lowest BCUT2D eigenvalue weighted by molar-refractivity contribution is -0.738. The quantitative estimate of drug-likeness (QED) is 0.722. The standard InChI is InChI=1S/C19H22ClN3O4/c1-9(2)15-13-14(17(25)23(16(13)24)6-7-27-3)19(22-15)11-8-10(20)4-5-12(11)21-18(19)26/h4-5,8-9,13-15,22H,6-7H2,1-3H3,(H,21,26)/p+1/t13-,14-,15-,19-/m0/s1. The van der Waals surface area contributed by atoms with Gasteiger partial charge in [0.2, 0.25) is 17.4 Å². The maximum absolute atomic E-state index is 13.3. The van der Waals surface area contributed by atoms with Crippen LogP contribution in [0, 0.1) is 17.8 Å². The van der Waals surface area contributed by atoms with Crippen molar-refractivity contribution in [2.45, 2.75) is 25.4 Å². The second-order valence-electron chi connectivity index (χ2n) is 7.83. The molecule has 3 amide bonds. The Labute approximate surface area is 162 Å². The number of nitrogens with zero attached hydrogens (tertiary/aromatic N) is 1. The predicted octanol–water partition coefficient (Wildman–Crippen LogP) is 0.337. The molecule has 3 N–H and O–H groups in total. The SMILES string of the molecule is COCCN1C(=O)[C@H]2[C@@H](C1=O)[C@]1([NH2+][C@H]2C(C)C)C(=O)Nc2ccc(Cl)cc21. The Hall–Kier alpha value is -1.96. The number of nitrogens with one attached hydrogen (secondary N) is 1. The highest BCUT2D eigenvalue weighted by molar-refractivity contribution is 6.31. The normalized spacial score (nSPS) is 31.8. The molecule has 4 rings (SSSR count). The second kappa shape index (κ2) is 6.29. The second-order valence-corrected chi connectivity index (χ2v) is 8.26. The number of benzene rings is 1. The van der Waals surface area contributed by atoms with E-state index >= 15 is 0 Å². The van der Waals surface area contributed by atoms with Gasteiger partial charge in [-0.05, 0) is 18.2 Å². The van der Waals surface area contributed by atoms with Crippen molar-refractivity contribution < 1.29 is 24.4 Å². The van der Waals surface area contributed by atoms with Gasteiger partial charge in [-0.15, -0.1) is 0 Å². The van der Waals surface area contributed by atoms with Gasteiger partial charge < -0.3 is 15.4 Å². The molecule has 4 atom stereocenters. The number of hydrogen-bond acceptors (Lipinski definition) is 4. The van der Waals surface area contributed by atoms with E-state index in [9.17, 15) is 14.4 Å². The van der Waals surface area contributed by atoms with Crippen molar-refractivity contribution in [2.75, 3.05) is 25.6 Å². The van der Waals surface area contributed by atoms with Gasteiger partial charge in [0.15, 0.2) is 0 Å². The number of halogens is 1. The van der Waals surface area contributed by atoms with E-state index in [0.29, 0.717) is 16.3 Å². The van der Waals surface area contributed by atoms with E-state index in [0.717, 1.165) is 0 Å². The van der Waals surface area contributed by atoms with Crippen LogP contribution in [0.25, 0.3) is 0 Å². The van der Waals surface area contributed by atoms with Crippen LogP contribution in [0.5, 0.6) is 0 Å². The molecule has 0 radical (unpaired) electrons. The molecule has 2 fully saturated rings. The molecule has 0 unspecified atom stereocenters. The van der Waals surface area contributed by atoms with Crippen molar-refractivity contribution in [3.05, 3.63) is 28.8 Å². The molecule has 0 saturated carbocycles. The highest BCUT2D eigenvalue weighted by Gasteiger charge is 2.74. The number of fused-ring (bicyclic) bond motifs is 4. The predicted molar refractivity (Wildman–Crippen MR) is 97.9 cm³/mol. The minimum absolute atomic E-state index is 0.118. The number of nitrogens with two attached hydrogens (primary N) is 1. The molecule has 3 aliphatic heterocycles. The summed E-state index contributed by atoms with van der Waals surface area (Å²) >= 11 is 6.21.